The van der Waals surface area contributed by atoms with E-state index in [2.05, 4.69) is 39.0 Å². The van der Waals surface area contributed by atoms with E-state index in [1.165, 1.54) is 16.7 Å². The SMILES string of the molecule is CCc1cc(CC)cc(CC)c1.[Na]. The van der Waals surface area contributed by atoms with Crippen LogP contribution in [0.1, 0.15) is 37.5 Å². The number of rotatable bonds is 3. The van der Waals surface area contributed by atoms with Crippen LogP contribution in [0.25, 0.3) is 0 Å². The molecule has 0 spiro atoms. The van der Waals surface area contributed by atoms with Crippen LogP contribution in [0, 0.1) is 0 Å². The zero-order valence-electron chi connectivity index (χ0n) is 9.35. The second-order valence-electron chi connectivity index (χ2n) is 3.22. The van der Waals surface area contributed by atoms with E-state index in [1.54, 1.807) is 0 Å². The fraction of sp³-hybridized carbons (Fsp3) is 0.500. The molecule has 0 aliphatic heterocycles. The molecule has 1 heteroatoms. The maximum Gasteiger partial charge on any atom is 0 e. The molecule has 67 valence electrons. The fourth-order valence-corrected chi connectivity index (χ4v) is 1.45. The van der Waals surface area contributed by atoms with E-state index >= 15 is 0 Å². The predicted octanol–water partition coefficient (Wildman–Crippen LogP) is 2.99. The number of hydrogen-bond acceptors (Lipinski definition) is 0. The second kappa shape index (κ2) is 6.64. The Kier molecular flexibility index (Phi) is 6.75. The summed E-state index contributed by atoms with van der Waals surface area (Å²) in [7, 11) is 0. The van der Waals surface area contributed by atoms with E-state index in [1.807, 2.05) is 0 Å². The molecule has 1 radical (unpaired) electrons. The molecule has 0 bridgehead atoms. The van der Waals surface area contributed by atoms with E-state index in [9.17, 15) is 0 Å². The molecule has 0 fully saturated rings. The molecule has 0 atom stereocenters. The molecule has 0 saturated carbocycles. The molecule has 1 aromatic carbocycles. The van der Waals surface area contributed by atoms with Gasteiger partial charge in [-0.05, 0) is 36.0 Å². The Hall–Kier alpha value is 0.220. The number of aryl methyl sites for hydroxylation is 3. The van der Waals surface area contributed by atoms with Crippen molar-refractivity contribution in [2.45, 2.75) is 40.0 Å². The zero-order chi connectivity index (χ0) is 8.97. The van der Waals surface area contributed by atoms with E-state index in [4.69, 9.17) is 0 Å². The maximum absolute atomic E-state index is 2.32. The van der Waals surface area contributed by atoms with Gasteiger partial charge in [-0.3, -0.25) is 0 Å². The van der Waals surface area contributed by atoms with Crippen molar-refractivity contribution in [1.82, 2.24) is 0 Å². The number of benzene rings is 1. The summed E-state index contributed by atoms with van der Waals surface area (Å²) in [4.78, 5) is 0. The Morgan fingerprint density at radius 2 is 0.923 bits per heavy atom. The summed E-state index contributed by atoms with van der Waals surface area (Å²) in [6.45, 7) is 6.65. The number of hydrogen-bond donors (Lipinski definition) is 0. The maximum atomic E-state index is 2.32. The molecule has 0 heterocycles. The monoisotopic (exact) mass is 185 g/mol. The summed E-state index contributed by atoms with van der Waals surface area (Å²) >= 11 is 0. The molecule has 0 aliphatic rings. The second-order valence-corrected chi connectivity index (χ2v) is 3.22. The van der Waals surface area contributed by atoms with Gasteiger partial charge in [0.15, 0.2) is 0 Å². The first kappa shape index (κ1) is 13.2. The van der Waals surface area contributed by atoms with Crippen LogP contribution in [-0.2, 0) is 19.3 Å². The first-order valence-electron chi connectivity index (χ1n) is 4.91. The molecule has 0 N–H and O–H groups in total. The summed E-state index contributed by atoms with van der Waals surface area (Å²) in [6, 6.07) is 6.96. The smallest absolute Gasteiger partial charge is 0 e. The largest absolute Gasteiger partial charge is 0.0613 e. The minimum Gasteiger partial charge on any atom is -0.0613 e. The summed E-state index contributed by atoms with van der Waals surface area (Å²) in [5.41, 5.74) is 4.43. The van der Waals surface area contributed by atoms with Crippen LogP contribution >= 0.6 is 0 Å². The van der Waals surface area contributed by atoms with Gasteiger partial charge in [-0.2, -0.15) is 0 Å². The van der Waals surface area contributed by atoms with Gasteiger partial charge in [0.2, 0.25) is 0 Å². The molecule has 0 nitrogen and oxygen atoms in total. The van der Waals surface area contributed by atoms with Gasteiger partial charge in [-0.1, -0.05) is 39.0 Å². The summed E-state index contributed by atoms with van der Waals surface area (Å²) in [6.07, 6.45) is 3.46. The van der Waals surface area contributed by atoms with Crippen LogP contribution in [0.5, 0.6) is 0 Å². The average molecular weight is 185 g/mol. The molecular formula is C12H18Na. The molecule has 0 aromatic heterocycles. The molecule has 1 aromatic rings. The van der Waals surface area contributed by atoms with Crippen LogP contribution in [0.15, 0.2) is 18.2 Å². The molecule has 0 unspecified atom stereocenters. The van der Waals surface area contributed by atoms with Crippen molar-refractivity contribution in [2.24, 2.45) is 0 Å². The van der Waals surface area contributed by atoms with Crippen LogP contribution < -0.4 is 0 Å². The van der Waals surface area contributed by atoms with Crippen molar-refractivity contribution >= 4 is 29.6 Å². The van der Waals surface area contributed by atoms with Crippen LogP contribution in [-0.4, -0.2) is 29.6 Å². The van der Waals surface area contributed by atoms with Gasteiger partial charge in [0.1, 0.15) is 0 Å². The first-order valence-corrected chi connectivity index (χ1v) is 4.91. The molecular weight excluding hydrogens is 167 g/mol. The Bertz CT molecular complexity index is 198. The van der Waals surface area contributed by atoms with Gasteiger partial charge in [0.05, 0.1) is 0 Å². The van der Waals surface area contributed by atoms with Gasteiger partial charge in [0, 0.05) is 29.6 Å². The van der Waals surface area contributed by atoms with Gasteiger partial charge in [-0.25, -0.2) is 0 Å². The van der Waals surface area contributed by atoms with Crippen molar-refractivity contribution in [2.75, 3.05) is 0 Å². The predicted molar refractivity (Wildman–Crippen MR) is 60.3 cm³/mol. The Balaban J connectivity index is 0.00000144. The molecule has 0 saturated heterocycles. The van der Waals surface area contributed by atoms with E-state index in [0.29, 0.717) is 0 Å². The van der Waals surface area contributed by atoms with Crippen molar-refractivity contribution in [1.29, 1.82) is 0 Å². The Morgan fingerprint density at radius 3 is 1.08 bits per heavy atom. The van der Waals surface area contributed by atoms with Crippen LogP contribution in [0.4, 0.5) is 0 Å². The average Bonchev–Trinajstić information content (AvgIpc) is 2.16. The quantitative estimate of drug-likeness (QED) is 0.635. The third-order valence-electron chi connectivity index (χ3n) is 2.34. The van der Waals surface area contributed by atoms with Crippen molar-refractivity contribution in [3.63, 3.8) is 0 Å². The standard InChI is InChI=1S/C12H18.Na/c1-4-10-7-11(5-2)9-12(6-3)8-10;/h7-9H,4-6H2,1-3H3;. The van der Waals surface area contributed by atoms with Gasteiger partial charge in [0.25, 0.3) is 0 Å². The van der Waals surface area contributed by atoms with Gasteiger partial charge >= 0.3 is 0 Å². The van der Waals surface area contributed by atoms with Crippen LogP contribution in [0.2, 0.25) is 0 Å². The van der Waals surface area contributed by atoms with Crippen molar-refractivity contribution in [3.05, 3.63) is 34.9 Å². The van der Waals surface area contributed by atoms with Crippen molar-refractivity contribution < 1.29 is 0 Å². The molecule has 0 amide bonds. The topological polar surface area (TPSA) is 0 Å². The summed E-state index contributed by atoms with van der Waals surface area (Å²) in [5, 5.41) is 0. The van der Waals surface area contributed by atoms with Gasteiger partial charge in [-0.15, -0.1) is 0 Å². The molecule has 13 heavy (non-hydrogen) atoms. The first-order chi connectivity index (χ1) is 5.80. The van der Waals surface area contributed by atoms with Gasteiger partial charge < -0.3 is 0 Å². The minimum atomic E-state index is 0. The van der Waals surface area contributed by atoms with E-state index < -0.39 is 0 Å². The summed E-state index contributed by atoms with van der Waals surface area (Å²) in [5.74, 6) is 0. The van der Waals surface area contributed by atoms with Crippen molar-refractivity contribution in [3.8, 4) is 0 Å². The molecule has 0 aliphatic carbocycles. The van der Waals surface area contributed by atoms with Crippen LogP contribution in [0.3, 0.4) is 0 Å². The van der Waals surface area contributed by atoms with E-state index in [0.717, 1.165) is 19.3 Å². The third kappa shape index (κ3) is 3.84. The van der Waals surface area contributed by atoms with E-state index in [-0.39, 0.29) is 29.6 Å². The minimum absolute atomic E-state index is 0. The normalized spacial score (nSPS) is 9.46. The fourth-order valence-electron chi connectivity index (χ4n) is 1.45. The Morgan fingerprint density at radius 1 is 0.692 bits per heavy atom. The third-order valence-corrected chi connectivity index (χ3v) is 2.34. The summed E-state index contributed by atoms with van der Waals surface area (Å²) < 4.78 is 0. The zero-order valence-corrected chi connectivity index (χ0v) is 11.4. The molecule has 1 rings (SSSR count). The Labute approximate surface area is 104 Å².